The SMILES string of the molecule is Cc1c(O)c2cccc(Br)c2[nH]c1=O. The van der Waals surface area contributed by atoms with E-state index in [9.17, 15) is 9.90 Å². The van der Waals surface area contributed by atoms with Gasteiger partial charge in [0, 0.05) is 9.86 Å². The first-order chi connectivity index (χ1) is 6.61. The Kier molecular flexibility index (Phi) is 2.07. The Morgan fingerprint density at radius 1 is 1.43 bits per heavy atom. The van der Waals surface area contributed by atoms with E-state index in [0.717, 1.165) is 4.47 Å². The number of hydrogen-bond acceptors (Lipinski definition) is 2. The zero-order valence-electron chi connectivity index (χ0n) is 7.47. The van der Waals surface area contributed by atoms with Crippen molar-refractivity contribution in [3.8, 4) is 5.75 Å². The van der Waals surface area contributed by atoms with Gasteiger partial charge in [-0.05, 0) is 35.0 Å². The van der Waals surface area contributed by atoms with E-state index in [0.29, 0.717) is 16.5 Å². The number of rotatable bonds is 0. The van der Waals surface area contributed by atoms with Gasteiger partial charge in [0.2, 0.25) is 0 Å². The first-order valence-corrected chi connectivity index (χ1v) is 4.90. The molecule has 0 radical (unpaired) electrons. The summed E-state index contributed by atoms with van der Waals surface area (Å²) in [5, 5.41) is 10.4. The second kappa shape index (κ2) is 3.13. The van der Waals surface area contributed by atoms with Gasteiger partial charge in [0.25, 0.3) is 5.56 Å². The van der Waals surface area contributed by atoms with Crippen LogP contribution in [0.2, 0.25) is 0 Å². The summed E-state index contributed by atoms with van der Waals surface area (Å²) in [4.78, 5) is 14.1. The molecular formula is C10H8BrNO2. The molecule has 0 spiro atoms. The van der Waals surface area contributed by atoms with Gasteiger partial charge in [-0.15, -0.1) is 0 Å². The third kappa shape index (κ3) is 1.23. The average molecular weight is 254 g/mol. The van der Waals surface area contributed by atoms with Gasteiger partial charge >= 0.3 is 0 Å². The van der Waals surface area contributed by atoms with Crippen molar-refractivity contribution in [3.63, 3.8) is 0 Å². The highest BCUT2D eigenvalue weighted by molar-refractivity contribution is 9.10. The minimum atomic E-state index is -0.262. The van der Waals surface area contributed by atoms with Crippen LogP contribution < -0.4 is 5.56 Å². The predicted molar refractivity (Wildman–Crippen MR) is 58.7 cm³/mol. The molecule has 72 valence electrons. The first-order valence-electron chi connectivity index (χ1n) is 4.11. The van der Waals surface area contributed by atoms with E-state index in [1.165, 1.54) is 0 Å². The van der Waals surface area contributed by atoms with E-state index in [2.05, 4.69) is 20.9 Å². The van der Waals surface area contributed by atoms with Gasteiger partial charge in [0.05, 0.1) is 11.1 Å². The average Bonchev–Trinajstić information content (AvgIpc) is 2.17. The van der Waals surface area contributed by atoms with E-state index in [1.807, 2.05) is 12.1 Å². The molecule has 0 amide bonds. The third-order valence-corrected chi connectivity index (χ3v) is 2.86. The minimum Gasteiger partial charge on any atom is -0.507 e. The summed E-state index contributed by atoms with van der Waals surface area (Å²) in [6, 6.07) is 5.38. The van der Waals surface area contributed by atoms with Gasteiger partial charge in [-0.1, -0.05) is 6.07 Å². The summed E-state index contributed by atoms with van der Waals surface area (Å²) < 4.78 is 0.766. The van der Waals surface area contributed by atoms with E-state index in [-0.39, 0.29) is 11.3 Å². The molecule has 0 aliphatic rings. The summed E-state index contributed by atoms with van der Waals surface area (Å²) in [5.74, 6) is 0.0463. The van der Waals surface area contributed by atoms with Crippen LogP contribution in [0.4, 0.5) is 0 Å². The maximum Gasteiger partial charge on any atom is 0.255 e. The summed E-state index contributed by atoms with van der Waals surface area (Å²) in [5.41, 5.74) is 0.707. The minimum absolute atomic E-state index is 0.0463. The highest BCUT2D eigenvalue weighted by atomic mass is 79.9. The van der Waals surface area contributed by atoms with Gasteiger partial charge in [-0.3, -0.25) is 4.79 Å². The van der Waals surface area contributed by atoms with Crippen molar-refractivity contribution < 1.29 is 5.11 Å². The largest absolute Gasteiger partial charge is 0.507 e. The van der Waals surface area contributed by atoms with Crippen LogP contribution >= 0.6 is 15.9 Å². The highest BCUT2D eigenvalue weighted by Crippen LogP contribution is 2.28. The molecule has 0 aliphatic carbocycles. The van der Waals surface area contributed by atoms with Crippen LogP contribution in [0.5, 0.6) is 5.75 Å². The lowest BCUT2D eigenvalue weighted by molar-refractivity contribution is 0.476. The normalized spacial score (nSPS) is 10.7. The Balaban J connectivity index is 3.06. The number of aromatic amines is 1. The Morgan fingerprint density at radius 3 is 2.86 bits per heavy atom. The number of benzene rings is 1. The number of nitrogens with one attached hydrogen (secondary N) is 1. The van der Waals surface area contributed by atoms with Crippen molar-refractivity contribution in [3.05, 3.63) is 38.6 Å². The number of hydrogen-bond donors (Lipinski definition) is 2. The lowest BCUT2D eigenvalue weighted by atomic mass is 10.1. The number of para-hydroxylation sites is 1. The zero-order valence-corrected chi connectivity index (χ0v) is 9.05. The Bertz CT molecular complexity index is 560. The van der Waals surface area contributed by atoms with E-state index >= 15 is 0 Å². The number of pyridine rings is 1. The molecule has 0 unspecified atom stereocenters. The molecule has 1 aromatic carbocycles. The molecule has 2 aromatic rings. The van der Waals surface area contributed by atoms with Crippen molar-refractivity contribution in [2.75, 3.05) is 0 Å². The Morgan fingerprint density at radius 2 is 2.14 bits per heavy atom. The van der Waals surface area contributed by atoms with Crippen LogP contribution in [0.15, 0.2) is 27.5 Å². The molecular weight excluding hydrogens is 246 g/mol. The molecule has 0 atom stereocenters. The number of H-pyrrole nitrogens is 1. The second-order valence-corrected chi connectivity index (χ2v) is 3.94. The molecule has 4 heteroatoms. The Labute approximate surface area is 88.5 Å². The maximum atomic E-state index is 11.4. The molecule has 2 N–H and O–H groups in total. The highest BCUT2D eigenvalue weighted by Gasteiger charge is 2.08. The number of halogens is 1. The Hall–Kier alpha value is -1.29. The fourth-order valence-electron chi connectivity index (χ4n) is 1.37. The topological polar surface area (TPSA) is 53.1 Å². The van der Waals surface area contributed by atoms with Crippen molar-refractivity contribution in [1.82, 2.24) is 4.98 Å². The molecule has 0 fully saturated rings. The van der Waals surface area contributed by atoms with Crippen molar-refractivity contribution in [1.29, 1.82) is 0 Å². The maximum absolute atomic E-state index is 11.4. The molecule has 2 rings (SSSR count). The molecule has 0 aliphatic heterocycles. The molecule has 1 aromatic heterocycles. The number of aromatic hydroxyl groups is 1. The summed E-state index contributed by atoms with van der Waals surface area (Å²) >= 11 is 3.31. The number of aromatic nitrogens is 1. The van der Waals surface area contributed by atoms with Gasteiger partial charge in [-0.25, -0.2) is 0 Å². The van der Waals surface area contributed by atoms with Crippen molar-refractivity contribution in [2.45, 2.75) is 6.92 Å². The van der Waals surface area contributed by atoms with E-state index < -0.39 is 0 Å². The van der Waals surface area contributed by atoms with Gasteiger partial charge in [0.15, 0.2) is 0 Å². The third-order valence-electron chi connectivity index (χ3n) is 2.20. The first kappa shape index (κ1) is 9.27. The molecule has 3 nitrogen and oxygen atoms in total. The molecule has 0 saturated heterocycles. The summed E-state index contributed by atoms with van der Waals surface area (Å²) in [6.45, 7) is 1.59. The zero-order chi connectivity index (χ0) is 10.3. The second-order valence-electron chi connectivity index (χ2n) is 3.09. The van der Waals surface area contributed by atoms with Crippen molar-refractivity contribution >= 4 is 26.8 Å². The quantitative estimate of drug-likeness (QED) is 0.757. The monoisotopic (exact) mass is 253 g/mol. The number of fused-ring (bicyclic) bond motifs is 1. The van der Waals surface area contributed by atoms with Gasteiger partial charge < -0.3 is 10.1 Å². The van der Waals surface area contributed by atoms with Crippen LogP contribution in [-0.4, -0.2) is 10.1 Å². The standard InChI is InChI=1S/C10H8BrNO2/c1-5-9(13)6-3-2-4-7(11)8(6)12-10(5)14/h2-4H,1H3,(H2,12,13,14). The molecule has 1 heterocycles. The van der Waals surface area contributed by atoms with Crippen LogP contribution in [0.25, 0.3) is 10.9 Å². The predicted octanol–water partition coefficient (Wildman–Crippen LogP) is 2.30. The lowest BCUT2D eigenvalue weighted by Gasteiger charge is -2.04. The summed E-state index contributed by atoms with van der Waals surface area (Å²) in [6.07, 6.45) is 0. The van der Waals surface area contributed by atoms with Crippen LogP contribution in [0, 0.1) is 6.92 Å². The molecule has 0 bridgehead atoms. The fraction of sp³-hybridized carbons (Fsp3) is 0.100. The molecule has 0 saturated carbocycles. The van der Waals surface area contributed by atoms with Gasteiger partial charge in [-0.2, -0.15) is 0 Å². The van der Waals surface area contributed by atoms with Crippen LogP contribution in [0.1, 0.15) is 5.56 Å². The van der Waals surface area contributed by atoms with Crippen LogP contribution in [0.3, 0.4) is 0 Å². The van der Waals surface area contributed by atoms with Crippen molar-refractivity contribution in [2.24, 2.45) is 0 Å². The lowest BCUT2D eigenvalue weighted by Crippen LogP contribution is -2.09. The van der Waals surface area contributed by atoms with E-state index in [4.69, 9.17) is 0 Å². The van der Waals surface area contributed by atoms with E-state index in [1.54, 1.807) is 13.0 Å². The molecule has 14 heavy (non-hydrogen) atoms. The fourth-order valence-corrected chi connectivity index (χ4v) is 1.83. The summed E-state index contributed by atoms with van der Waals surface area (Å²) in [7, 11) is 0. The van der Waals surface area contributed by atoms with Gasteiger partial charge in [0.1, 0.15) is 5.75 Å². The smallest absolute Gasteiger partial charge is 0.255 e. The van der Waals surface area contributed by atoms with Crippen LogP contribution in [-0.2, 0) is 0 Å².